The molecule has 0 atom stereocenters. The van der Waals surface area contributed by atoms with Crippen molar-refractivity contribution in [2.24, 2.45) is 0 Å². The van der Waals surface area contributed by atoms with E-state index < -0.39 is 23.0 Å². The maximum atomic E-state index is 13.6. The Bertz CT molecular complexity index is 1210. The zero-order valence-electron chi connectivity index (χ0n) is 15.3. The Kier molecular flexibility index (Phi) is 5.69. The normalized spacial score (nSPS) is 10.5. The number of anilines is 1. The van der Waals surface area contributed by atoms with Gasteiger partial charge in [0, 0.05) is 18.0 Å². The van der Waals surface area contributed by atoms with Crippen LogP contribution in [-0.4, -0.2) is 29.7 Å². The van der Waals surface area contributed by atoms with E-state index >= 15 is 0 Å². The molecule has 0 saturated heterocycles. The van der Waals surface area contributed by atoms with E-state index in [-0.39, 0.29) is 22.0 Å². The van der Waals surface area contributed by atoms with E-state index in [4.69, 9.17) is 21.1 Å². The van der Waals surface area contributed by atoms with Gasteiger partial charge in [0.1, 0.15) is 11.4 Å². The molecule has 10 heteroatoms. The molecule has 0 radical (unpaired) electrons. The van der Waals surface area contributed by atoms with Gasteiger partial charge in [-0.25, -0.2) is 13.8 Å². The van der Waals surface area contributed by atoms with Gasteiger partial charge in [0.05, 0.1) is 24.9 Å². The number of aromatic nitrogens is 2. The number of amides is 1. The van der Waals surface area contributed by atoms with E-state index in [0.717, 1.165) is 16.8 Å². The summed E-state index contributed by atoms with van der Waals surface area (Å²) in [6, 6.07) is 8.06. The molecule has 29 heavy (non-hydrogen) atoms. The van der Waals surface area contributed by atoms with Crippen LogP contribution in [-0.2, 0) is 0 Å². The molecule has 0 fully saturated rings. The maximum Gasteiger partial charge on any atom is 0.333 e. The third kappa shape index (κ3) is 3.99. The van der Waals surface area contributed by atoms with E-state index in [0.29, 0.717) is 11.5 Å². The van der Waals surface area contributed by atoms with Crippen LogP contribution in [0, 0.1) is 5.82 Å². The van der Waals surface area contributed by atoms with Crippen LogP contribution in [0.3, 0.4) is 0 Å². The molecule has 8 nitrogen and oxygen atoms in total. The fourth-order valence-corrected chi connectivity index (χ4v) is 2.72. The average Bonchev–Trinajstić information content (AvgIpc) is 2.70. The molecule has 0 spiro atoms. The highest BCUT2D eigenvalue weighted by Gasteiger charge is 2.17. The first kappa shape index (κ1) is 20.2. The number of H-pyrrole nitrogens is 1. The van der Waals surface area contributed by atoms with Crippen LogP contribution < -0.4 is 26.0 Å². The van der Waals surface area contributed by atoms with E-state index in [1.807, 2.05) is 0 Å². The van der Waals surface area contributed by atoms with Crippen molar-refractivity contribution in [2.45, 2.75) is 0 Å². The second kappa shape index (κ2) is 8.19. The standard InChI is InChI=1S/C19H15ClFN3O5/c1-28-15-6-4-11(8-16(15)29-2)24-18(26)12(9-22-19(24)27)17(25)23-10-3-5-13(20)14(21)7-10/h3-9H,1-2H3,(H,22,27)(H,23,25). The summed E-state index contributed by atoms with van der Waals surface area (Å²) >= 11 is 5.61. The van der Waals surface area contributed by atoms with Crippen molar-refractivity contribution in [3.63, 3.8) is 0 Å². The van der Waals surface area contributed by atoms with Crippen molar-refractivity contribution in [3.05, 3.63) is 79.8 Å². The Morgan fingerprint density at radius 3 is 2.48 bits per heavy atom. The lowest BCUT2D eigenvalue weighted by Crippen LogP contribution is -2.38. The molecule has 0 unspecified atom stereocenters. The van der Waals surface area contributed by atoms with Crippen LogP contribution in [0.1, 0.15) is 10.4 Å². The van der Waals surface area contributed by atoms with Crippen molar-refractivity contribution < 1.29 is 18.7 Å². The molecule has 3 rings (SSSR count). The Morgan fingerprint density at radius 2 is 1.83 bits per heavy atom. The van der Waals surface area contributed by atoms with E-state index in [1.165, 1.54) is 44.6 Å². The monoisotopic (exact) mass is 419 g/mol. The number of nitrogens with zero attached hydrogens (tertiary/aromatic N) is 1. The molecule has 0 bridgehead atoms. The number of nitrogens with one attached hydrogen (secondary N) is 2. The number of rotatable bonds is 5. The van der Waals surface area contributed by atoms with Gasteiger partial charge in [-0.3, -0.25) is 9.59 Å². The number of methoxy groups -OCH3 is 2. The molecule has 3 aromatic rings. The SMILES string of the molecule is COc1ccc(-n2c(=O)[nH]cc(C(=O)Nc3ccc(Cl)c(F)c3)c2=O)cc1OC. The summed E-state index contributed by atoms with van der Waals surface area (Å²) in [5, 5.41) is 2.28. The zero-order chi connectivity index (χ0) is 21.1. The van der Waals surface area contributed by atoms with Gasteiger partial charge >= 0.3 is 5.69 Å². The molecule has 150 valence electrons. The molecule has 0 saturated carbocycles. The quantitative estimate of drug-likeness (QED) is 0.661. The lowest BCUT2D eigenvalue weighted by Gasteiger charge is -2.11. The number of hydrogen-bond donors (Lipinski definition) is 2. The van der Waals surface area contributed by atoms with Crippen molar-refractivity contribution in [1.29, 1.82) is 0 Å². The molecular formula is C19H15ClFN3O5. The summed E-state index contributed by atoms with van der Waals surface area (Å²) in [7, 11) is 2.85. The molecular weight excluding hydrogens is 405 g/mol. The van der Waals surface area contributed by atoms with Gasteiger partial charge in [-0.2, -0.15) is 0 Å². The summed E-state index contributed by atoms with van der Waals surface area (Å²) < 4.78 is 24.7. The Labute approximate surface area is 168 Å². The minimum absolute atomic E-state index is 0.0974. The number of benzene rings is 2. The highest BCUT2D eigenvalue weighted by molar-refractivity contribution is 6.30. The van der Waals surface area contributed by atoms with Crippen LogP contribution in [0.25, 0.3) is 5.69 Å². The van der Waals surface area contributed by atoms with Crippen molar-refractivity contribution in [2.75, 3.05) is 19.5 Å². The molecule has 0 aliphatic carbocycles. The summed E-state index contributed by atoms with van der Waals surface area (Å²) in [4.78, 5) is 39.9. The molecule has 0 aliphatic rings. The van der Waals surface area contributed by atoms with E-state index in [1.54, 1.807) is 0 Å². The maximum absolute atomic E-state index is 13.6. The van der Waals surface area contributed by atoms with Gasteiger partial charge in [-0.05, 0) is 30.3 Å². The Morgan fingerprint density at radius 1 is 1.10 bits per heavy atom. The fourth-order valence-electron chi connectivity index (χ4n) is 2.61. The lowest BCUT2D eigenvalue weighted by atomic mass is 10.2. The number of carbonyl (C=O) groups is 1. The van der Waals surface area contributed by atoms with Gasteiger partial charge in [0.25, 0.3) is 11.5 Å². The van der Waals surface area contributed by atoms with Gasteiger partial charge in [-0.15, -0.1) is 0 Å². The summed E-state index contributed by atoms with van der Waals surface area (Å²) in [6.45, 7) is 0. The second-order valence-corrected chi connectivity index (χ2v) is 6.18. The third-order valence-corrected chi connectivity index (χ3v) is 4.33. The smallest absolute Gasteiger partial charge is 0.333 e. The Balaban J connectivity index is 2.03. The first-order valence-corrected chi connectivity index (χ1v) is 8.57. The van der Waals surface area contributed by atoms with Crippen molar-refractivity contribution >= 4 is 23.2 Å². The van der Waals surface area contributed by atoms with Crippen molar-refractivity contribution in [3.8, 4) is 17.2 Å². The summed E-state index contributed by atoms with van der Waals surface area (Å²) in [6.07, 6.45) is 0.990. The van der Waals surface area contributed by atoms with E-state index in [9.17, 15) is 18.8 Å². The molecule has 2 N–H and O–H groups in total. The molecule has 1 heterocycles. The van der Waals surface area contributed by atoms with Gasteiger partial charge in [-0.1, -0.05) is 11.6 Å². The van der Waals surface area contributed by atoms with E-state index in [2.05, 4.69) is 10.3 Å². The average molecular weight is 420 g/mol. The number of ether oxygens (including phenoxy) is 2. The van der Waals surface area contributed by atoms with Crippen LogP contribution >= 0.6 is 11.6 Å². The lowest BCUT2D eigenvalue weighted by molar-refractivity contribution is 0.102. The van der Waals surface area contributed by atoms with Crippen molar-refractivity contribution in [1.82, 2.24) is 9.55 Å². The van der Waals surface area contributed by atoms with Crippen LogP contribution in [0.4, 0.5) is 10.1 Å². The van der Waals surface area contributed by atoms with Crippen LogP contribution in [0.2, 0.25) is 5.02 Å². The number of carbonyl (C=O) groups excluding carboxylic acids is 1. The van der Waals surface area contributed by atoms with Crippen LogP contribution in [0.5, 0.6) is 11.5 Å². The topological polar surface area (TPSA) is 102 Å². The molecule has 0 aliphatic heterocycles. The molecule has 2 aromatic carbocycles. The second-order valence-electron chi connectivity index (χ2n) is 5.77. The summed E-state index contributed by atoms with van der Waals surface area (Å²) in [5.74, 6) is -0.863. The largest absolute Gasteiger partial charge is 0.493 e. The number of halogens is 2. The Hall–Kier alpha value is -3.59. The fraction of sp³-hybridized carbons (Fsp3) is 0.105. The van der Waals surface area contributed by atoms with Gasteiger partial charge in [0.15, 0.2) is 11.5 Å². The highest BCUT2D eigenvalue weighted by Crippen LogP contribution is 2.28. The first-order chi connectivity index (χ1) is 13.8. The minimum Gasteiger partial charge on any atom is -0.493 e. The molecule has 1 aromatic heterocycles. The predicted molar refractivity (Wildman–Crippen MR) is 105 cm³/mol. The number of hydrogen-bond acceptors (Lipinski definition) is 5. The van der Waals surface area contributed by atoms with Gasteiger partial charge < -0.3 is 19.8 Å². The highest BCUT2D eigenvalue weighted by atomic mass is 35.5. The first-order valence-electron chi connectivity index (χ1n) is 8.19. The van der Waals surface area contributed by atoms with Crippen LogP contribution in [0.15, 0.2) is 52.2 Å². The van der Waals surface area contributed by atoms with Gasteiger partial charge in [0.2, 0.25) is 0 Å². The summed E-state index contributed by atoms with van der Waals surface area (Å²) in [5.41, 5.74) is -1.71. The third-order valence-electron chi connectivity index (χ3n) is 4.02. The molecule has 1 amide bonds. The zero-order valence-corrected chi connectivity index (χ0v) is 16.0. The predicted octanol–water partition coefficient (Wildman–Crippen LogP) is 2.59. The number of aromatic amines is 1. The minimum atomic E-state index is -0.868.